The maximum Gasteiger partial charge on any atom is 0.211 e. The lowest BCUT2D eigenvalue weighted by molar-refractivity contribution is -0.245. The summed E-state index contributed by atoms with van der Waals surface area (Å²) in [6.07, 6.45) is -4.36. The summed E-state index contributed by atoms with van der Waals surface area (Å²) in [5.41, 5.74) is 14.2. The molecule has 2 aliphatic carbocycles. The molecule has 6 atom stereocenters. The van der Waals surface area contributed by atoms with Crippen molar-refractivity contribution in [2.24, 2.45) is 27.4 Å². The zero-order valence-electron chi connectivity index (χ0n) is 23.2. The number of nitrogens with zero attached hydrogens (tertiary/aromatic N) is 2. The largest absolute Gasteiger partial charge is 0.507 e. The van der Waals surface area contributed by atoms with E-state index in [0.717, 1.165) is 0 Å². The number of ketones is 2. The molecule has 1 aliphatic heterocycles. The van der Waals surface area contributed by atoms with Gasteiger partial charge in [0.2, 0.25) is 11.7 Å². The van der Waals surface area contributed by atoms with Crippen molar-refractivity contribution in [2.75, 3.05) is 7.11 Å². The summed E-state index contributed by atoms with van der Waals surface area (Å²) in [6, 6.07) is 3.76. The Morgan fingerprint density at radius 2 is 1.79 bits per heavy atom. The maximum atomic E-state index is 13.8. The summed E-state index contributed by atoms with van der Waals surface area (Å²) >= 11 is 0. The van der Waals surface area contributed by atoms with Crippen molar-refractivity contribution in [3.63, 3.8) is 0 Å². The minimum Gasteiger partial charge on any atom is -0.507 e. The van der Waals surface area contributed by atoms with E-state index in [-0.39, 0.29) is 58.9 Å². The number of phenolic OH excluding ortho intramolecular Hbond substituents is 2. The molecule has 0 radical (unpaired) electrons. The number of carbonyl (C=O) groups is 2. The van der Waals surface area contributed by atoms with Crippen molar-refractivity contribution in [2.45, 2.75) is 69.4 Å². The molecule has 0 bridgehead atoms. The van der Waals surface area contributed by atoms with Crippen LogP contribution in [0.25, 0.3) is 0 Å². The Morgan fingerprint density at radius 1 is 1.10 bits per heavy atom. The minimum atomic E-state index is -1.83. The van der Waals surface area contributed by atoms with E-state index in [1.54, 1.807) is 6.92 Å². The van der Waals surface area contributed by atoms with Crippen molar-refractivity contribution >= 4 is 23.2 Å². The molecule has 2 aromatic rings. The molecule has 1 heterocycles. The van der Waals surface area contributed by atoms with Crippen LogP contribution in [0, 0.1) is 0 Å². The van der Waals surface area contributed by atoms with Gasteiger partial charge in [0, 0.05) is 42.0 Å². The van der Waals surface area contributed by atoms with Crippen LogP contribution in [0.4, 0.5) is 0 Å². The van der Waals surface area contributed by atoms with Crippen LogP contribution in [0.3, 0.4) is 0 Å². The predicted molar refractivity (Wildman–Crippen MR) is 149 cm³/mol. The van der Waals surface area contributed by atoms with E-state index >= 15 is 0 Å². The van der Waals surface area contributed by atoms with Gasteiger partial charge in [-0.3, -0.25) is 9.59 Å². The van der Waals surface area contributed by atoms with Crippen LogP contribution in [0.2, 0.25) is 0 Å². The van der Waals surface area contributed by atoms with Gasteiger partial charge in [-0.2, -0.15) is 5.10 Å². The van der Waals surface area contributed by atoms with Crippen LogP contribution in [0.5, 0.6) is 17.2 Å². The second kappa shape index (κ2) is 10.6. The molecule has 224 valence electrons. The highest BCUT2D eigenvalue weighted by atomic mass is 16.7. The number of phenols is 2. The van der Waals surface area contributed by atoms with Crippen molar-refractivity contribution in [3.05, 3.63) is 51.6 Å². The molecule has 0 amide bonds. The fraction of sp³-hybridized carbons (Fsp3) is 0.429. The fourth-order valence-corrected chi connectivity index (χ4v) is 5.89. The fourth-order valence-electron chi connectivity index (χ4n) is 5.89. The van der Waals surface area contributed by atoms with Crippen molar-refractivity contribution < 1.29 is 44.2 Å². The molecule has 14 heteroatoms. The summed E-state index contributed by atoms with van der Waals surface area (Å²) < 4.78 is 17.3. The number of aliphatic hydroxyl groups is 2. The molecule has 1 fully saturated rings. The molecule has 42 heavy (non-hydrogen) atoms. The Morgan fingerprint density at radius 3 is 2.43 bits per heavy atom. The maximum absolute atomic E-state index is 13.8. The molecule has 6 unspecified atom stereocenters. The predicted octanol–water partition coefficient (Wildman–Crippen LogP) is 0.0892. The second-order valence-corrected chi connectivity index (χ2v) is 10.8. The molecule has 10 N–H and O–H groups in total. The van der Waals surface area contributed by atoms with E-state index in [1.165, 1.54) is 32.2 Å². The number of carbonyl (C=O) groups excluding carboxylic acids is 2. The normalized spacial score (nSPS) is 28.9. The number of aromatic hydroxyl groups is 2. The number of benzene rings is 2. The molecule has 3 aliphatic rings. The lowest BCUT2D eigenvalue weighted by Gasteiger charge is -2.42. The number of aliphatic hydroxyl groups excluding tert-OH is 1. The van der Waals surface area contributed by atoms with Crippen LogP contribution in [0.15, 0.2) is 28.4 Å². The number of fused-ring (bicyclic) bond motifs is 3. The first-order valence-corrected chi connectivity index (χ1v) is 13.3. The SMILES string of the molecule is COc1cccc2c1C(=O)c1c(O)c3c(c(O)c1C2=O)CC(O)(/C(C)=N/N=C(N)N)CC3OC1CC(N)C(O)C(C)O1. The number of nitrogens with two attached hydrogens (primary N) is 3. The smallest absolute Gasteiger partial charge is 0.211 e. The van der Waals surface area contributed by atoms with E-state index in [9.17, 15) is 30.0 Å². The first-order valence-electron chi connectivity index (χ1n) is 13.3. The number of hydrogen-bond donors (Lipinski definition) is 7. The monoisotopic (exact) mass is 583 g/mol. The third kappa shape index (κ3) is 4.66. The van der Waals surface area contributed by atoms with Crippen molar-refractivity contribution in [1.82, 2.24) is 0 Å². The Hall–Kier alpha value is -4.08. The summed E-state index contributed by atoms with van der Waals surface area (Å²) in [4.78, 5) is 27.4. The number of ether oxygens (including phenoxy) is 3. The standard InChI is InChI=1S/C28H33N5O9/c1-10-22(34)14(29)7-17(41-10)42-16-9-28(39,11(2)32-33-27(30)31)8-13-19(16)26(38)21-20(24(13)36)23(35)12-5-4-6-15(40-3)18(12)25(21)37/h4-6,10,14,16-17,22,34,36,38-39H,7-9,29H2,1-3H3,(H4,30,31,33)/b32-11+. The third-order valence-electron chi connectivity index (χ3n) is 8.13. The topological polar surface area (TPSA) is 246 Å². The van der Waals surface area contributed by atoms with Gasteiger partial charge in [0.05, 0.1) is 47.8 Å². The third-order valence-corrected chi connectivity index (χ3v) is 8.13. The van der Waals surface area contributed by atoms with Gasteiger partial charge >= 0.3 is 0 Å². The molecule has 2 aromatic carbocycles. The number of methoxy groups -OCH3 is 1. The van der Waals surface area contributed by atoms with Gasteiger partial charge in [-0.15, -0.1) is 5.10 Å². The van der Waals surface area contributed by atoms with Gasteiger partial charge in [-0.25, -0.2) is 0 Å². The first-order chi connectivity index (χ1) is 19.8. The summed E-state index contributed by atoms with van der Waals surface area (Å²) in [6.45, 7) is 3.08. The van der Waals surface area contributed by atoms with Gasteiger partial charge in [-0.1, -0.05) is 12.1 Å². The number of hydrogen-bond acceptors (Lipinski definition) is 12. The molecule has 0 saturated carbocycles. The van der Waals surface area contributed by atoms with Gasteiger partial charge < -0.3 is 51.8 Å². The molecule has 0 spiro atoms. The Balaban J connectivity index is 1.69. The molecule has 5 rings (SSSR count). The van der Waals surface area contributed by atoms with Crippen LogP contribution < -0.4 is 21.9 Å². The zero-order valence-corrected chi connectivity index (χ0v) is 23.2. The quantitative estimate of drug-likeness (QED) is 0.0914. The minimum absolute atomic E-state index is 0.0111. The van der Waals surface area contributed by atoms with Gasteiger partial charge in [0.25, 0.3) is 0 Å². The van der Waals surface area contributed by atoms with Crippen LogP contribution in [0.1, 0.15) is 75.8 Å². The molecular formula is C28H33N5O9. The van der Waals surface area contributed by atoms with Gasteiger partial charge in [-0.05, 0) is 19.9 Å². The summed E-state index contributed by atoms with van der Waals surface area (Å²) in [7, 11) is 1.34. The lowest BCUT2D eigenvalue weighted by atomic mass is 9.72. The molecule has 0 aromatic heterocycles. The first kappa shape index (κ1) is 29.4. The molecular weight excluding hydrogens is 550 g/mol. The molecule has 1 saturated heterocycles. The van der Waals surface area contributed by atoms with E-state index in [4.69, 9.17) is 31.4 Å². The Labute approximate surface area is 240 Å². The van der Waals surface area contributed by atoms with E-state index < -0.39 is 70.4 Å². The summed E-state index contributed by atoms with van der Waals surface area (Å²) in [5, 5.41) is 52.7. The van der Waals surface area contributed by atoms with Crippen LogP contribution in [-0.4, -0.2) is 80.9 Å². The summed E-state index contributed by atoms with van der Waals surface area (Å²) in [5.74, 6) is -2.87. The highest BCUT2D eigenvalue weighted by Gasteiger charge is 2.49. The highest BCUT2D eigenvalue weighted by Crippen LogP contribution is 2.52. The van der Waals surface area contributed by atoms with Gasteiger partial charge in [0.15, 0.2) is 12.1 Å². The Kier molecular flexibility index (Phi) is 7.45. The van der Waals surface area contributed by atoms with E-state index in [0.29, 0.717) is 0 Å². The molecule has 14 nitrogen and oxygen atoms in total. The van der Waals surface area contributed by atoms with Crippen LogP contribution >= 0.6 is 0 Å². The van der Waals surface area contributed by atoms with E-state index in [1.807, 2.05) is 0 Å². The Bertz CT molecular complexity index is 1520. The van der Waals surface area contributed by atoms with Crippen molar-refractivity contribution in [1.29, 1.82) is 0 Å². The highest BCUT2D eigenvalue weighted by molar-refractivity contribution is 6.31. The van der Waals surface area contributed by atoms with Gasteiger partial charge in [0.1, 0.15) is 22.8 Å². The lowest BCUT2D eigenvalue weighted by Crippen LogP contribution is -2.52. The average molecular weight is 584 g/mol. The number of rotatable bonds is 5. The van der Waals surface area contributed by atoms with Crippen molar-refractivity contribution in [3.8, 4) is 17.2 Å². The zero-order chi connectivity index (χ0) is 30.7. The average Bonchev–Trinajstić information content (AvgIpc) is 2.94. The number of guanidine groups is 1. The van der Waals surface area contributed by atoms with E-state index in [2.05, 4.69) is 10.2 Å². The van der Waals surface area contributed by atoms with Crippen LogP contribution in [-0.2, 0) is 15.9 Å². The second-order valence-electron chi connectivity index (χ2n) is 10.8.